The maximum atomic E-state index is 12.8. The number of benzene rings is 4. The minimum absolute atomic E-state index is 0.114. The first-order valence-electron chi connectivity index (χ1n) is 10.00. The van der Waals surface area contributed by atoms with Crippen molar-refractivity contribution in [2.45, 2.75) is 0 Å². The fraction of sp³-hybridized carbons (Fsp3) is 0. The van der Waals surface area contributed by atoms with E-state index in [1.807, 2.05) is 30.3 Å². The predicted molar refractivity (Wildman–Crippen MR) is 131 cm³/mol. The molecule has 0 spiro atoms. The van der Waals surface area contributed by atoms with Crippen molar-refractivity contribution < 1.29 is 19.2 Å². The van der Waals surface area contributed by atoms with Crippen molar-refractivity contribution in [3.63, 3.8) is 0 Å². The van der Waals surface area contributed by atoms with Crippen LogP contribution in [-0.2, 0) is 0 Å². The number of nitrogens with one attached hydrogen (secondary N) is 1. The standard InChI is InChI=1S/C25H16BrN3O5/c26-22-13-16(15-27-28-24(30)18-7-3-8-19(14-18)29(32)33)11-12-23(22)34-25(31)21-10-4-6-17-5-1-2-9-20(17)21/h1-15H,(H,28,30)/b27-15-. The van der Waals surface area contributed by atoms with Gasteiger partial charge in [-0.25, -0.2) is 10.2 Å². The van der Waals surface area contributed by atoms with Gasteiger partial charge in [0, 0.05) is 17.7 Å². The molecule has 0 aromatic heterocycles. The summed E-state index contributed by atoms with van der Waals surface area (Å²) in [7, 11) is 0. The molecule has 4 aromatic rings. The van der Waals surface area contributed by atoms with Gasteiger partial charge in [0.25, 0.3) is 11.6 Å². The van der Waals surface area contributed by atoms with Gasteiger partial charge in [-0.3, -0.25) is 14.9 Å². The van der Waals surface area contributed by atoms with Crippen LogP contribution in [-0.4, -0.2) is 23.0 Å². The van der Waals surface area contributed by atoms with Crippen LogP contribution in [0, 0.1) is 10.1 Å². The quantitative estimate of drug-likeness (QED) is 0.119. The van der Waals surface area contributed by atoms with E-state index in [4.69, 9.17) is 4.74 Å². The number of nitro benzene ring substituents is 1. The average Bonchev–Trinajstić information content (AvgIpc) is 2.85. The predicted octanol–water partition coefficient (Wildman–Crippen LogP) is 5.49. The molecule has 8 nitrogen and oxygen atoms in total. The third-order valence-corrected chi connectivity index (χ3v) is 5.49. The highest BCUT2D eigenvalue weighted by molar-refractivity contribution is 9.10. The number of non-ortho nitro benzene ring substituents is 1. The van der Waals surface area contributed by atoms with E-state index in [2.05, 4.69) is 26.5 Å². The lowest BCUT2D eigenvalue weighted by Gasteiger charge is -2.09. The molecule has 0 aliphatic carbocycles. The van der Waals surface area contributed by atoms with Crippen LogP contribution in [0.2, 0.25) is 0 Å². The number of fused-ring (bicyclic) bond motifs is 1. The molecule has 0 fully saturated rings. The van der Waals surface area contributed by atoms with Crippen molar-refractivity contribution >= 4 is 50.5 Å². The van der Waals surface area contributed by atoms with E-state index in [1.54, 1.807) is 30.3 Å². The normalized spacial score (nSPS) is 10.9. The largest absolute Gasteiger partial charge is 0.422 e. The number of carbonyl (C=O) groups excluding carboxylic acids is 2. The van der Waals surface area contributed by atoms with Gasteiger partial charge in [-0.05, 0) is 62.6 Å². The van der Waals surface area contributed by atoms with Gasteiger partial charge in [0.1, 0.15) is 5.75 Å². The van der Waals surface area contributed by atoms with Crippen molar-refractivity contribution in [1.29, 1.82) is 0 Å². The van der Waals surface area contributed by atoms with Crippen LogP contribution in [0.4, 0.5) is 5.69 Å². The Morgan fingerprint density at radius 2 is 1.74 bits per heavy atom. The summed E-state index contributed by atoms with van der Waals surface area (Å²) in [6.45, 7) is 0. The van der Waals surface area contributed by atoms with Crippen LogP contribution in [0.5, 0.6) is 5.75 Å². The molecule has 9 heteroatoms. The summed E-state index contributed by atoms with van der Waals surface area (Å²) in [5, 5.41) is 16.5. The van der Waals surface area contributed by atoms with E-state index in [-0.39, 0.29) is 11.3 Å². The first-order chi connectivity index (χ1) is 16.4. The number of rotatable bonds is 6. The van der Waals surface area contributed by atoms with Crippen LogP contribution in [0.15, 0.2) is 94.5 Å². The second-order valence-corrected chi connectivity index (χ2v) is 7.97. The summed E-state index contributed by atoms with van der Waals surface area (Å²) < 4.78 is 6.09. The monoisotopic (exact) mass is 517 g/mol. The van der Waals surface area contributed by atoms with Gasteiger partial charge in [0.05, 0.1) is 21.2 Å². The zero-order valence-electron chi connectivity index (χ0n) is 17.5. The third kappa shape index (κ3) is 5.16. The molecule has 4 aromatic carbocycles. The second-order valence-electron chi connectivity index (χ2n) is 7.11. The molecule has 0 aliphatic rings. The number of nitro groups is 1. The summed E-state index contributed by atoms with van der Waals surface area (Å²) in [5.41, 5.74) is 3.33. The molecule has 0 radical (unpaired) electrons. The Morgan fingerprint density at radius 3 is 2.53 bits per heavy atom. The minimum Gasteiger partial charge on any atom is -0.422 e. The number of esters is 1. The number of nitrogens with zero attached hydrogens (tertiary/aromatic N) is 2. The van der Waals surface area contributed by atoms with Gasteiger partial charge in [0.2, 0.25) is 0 Å². The van der Waals surface area contributed by atoms with Crippen molar-refractivity contribution in [1.82, 2.24) is 5.43 Å². The maximum absolute atomic E-state index is 12.8. The van der Waals surface area contributed by atoms with Crippen LogP contribution in [0.1, 0.15) is 26.3 Å². The Labute approximate surface area is 202 Å². The zero-order valence-corrected chi connectivity index (χ0v) is 19.1. The molecule has 0 atom stereocenters. The summed E-state index contributed by atoms with van der Waals surface area (Å²) in [4.78, 5) is 35.2. The van der Waals surface area contributed by atoms with Crippen LogP contribution < -0.4 is 10.2 Å². The van der Waals surface area contributed by atoms with E-state index < -0.39 is 16.8 Å². The number of hydrogen-bond donors (Lipinski definition) is 1. The van der Waals surface area contributed by atoms with Crippen LogP contribution in [0.25, 0.3) is 10.8 Å². The molecule has 1 amide bonds. The summed E-state index contributed by atoms with van der Waals surface area (Å²) in [6, 6.07) is 23.3. The van der Waals surface area contributed by atoms with Crippen molar-refractivity contribution in [3.8, 4) is 5.75 Å². The lowest BCUT2D eigenvalue weighted by atomic mass is 10.0. The molecule has 0 aliphatic heterocycles. The molecule has 4 rings (SSSR count). The van der Waals surface area contributed by atoms with Crippen molar-refractivity contribution in [3.05, 3.63) is 116 Å². The highest BCUT2D eigenvalue weighted by Crippen LogP contribution is 2.27. The first-order valence-corrected chi connectivity index (χ1v) is 10.8. The van der Waals surface area contributed by atoms with E-state index in [9.17, 15) is 19.7 Å². The molecule has 168 valence electrons. The number of ether oxygens (including phenoxy) is 1. The van der Waals surface area contributed by atoms with E-state index in [1.165, 1.54) is 30.5 Å². The third-order valence-electron chi connectivity index (χ3n) is 4.87. The highest BCUT2D eigenvalue weighted by atomic mass is 79.9. The number of amides is 1. The number of hydrogen-bond acceptors (Lipinski definition) is 6. The molecular weight excluding hydrogens is 502 g/mol. The van der Waals surface area contributed by atoms with E-state index >= 15 is 0 Å². The highest BCUT2D eigenvalue weighted by Gasteiger charge is 2.14. The lowest BCUT2D eigenvalue weighted by molar-refractivity contribution is -0.384. The van der Waals surface area contributed by atoms with E-state index in [0.29, 0.717) is 21.3 Å². The molecule has 0 saturated heterocycles. The maximum Gasteiger partial charge on any atom is 0.344 e. The van der Waals surface area contributed by atoms with Crippen molar-refractivity contribution in [2.75, 3.05) is 0 Å². The number of halogens is 1. The number of hydrazone groups is 1. The topological polar surface area (TPSA) is 111 Å². The molecule has 0 bridgehead atoms. The Balaban J connectivity index is 1.43. The smallest absolute Gasteiger partial charge is 0.344 e. The molecular formula is C25H16BrN3O5. The first kappa shape index (κ1) is 22.8. The zero-order chi connectivity index (χ0) is 24.1. The van der Waals surface area contributed by atoms with Crippen LogP contribution in [0.3, 0.4) is 0 Å². The van der Waals surface area contributed by atoms with Gasteiger partial charge < -0.3 is 4.74 Å². The molecule has 0 heterocycles. The Bertz CT molecular complexity index is 1450. The Kier molecular flexibility index (Phi) is 6.74. The summed E-state index contributed by atoms with van der Waals surface area (Å²) >= 11 is 3.39. The van der Waals surface area contributed by atoms with Gasteiger partial charge in [-0.15, -0.1) is 0 Å². The summed E-state index contributed by atoms with van der Waals surface area (Å²) in [6.07, 6.45) is 1.40. The van der Waals surface area contributed by atoms with Gasteiger partial charge in [0.15, 0.2) is 0 Å². The van der Waals surface area contributed by atoms with Gasteiger partial charge >= 0.3 is 5.97 Å². The molecule has 1 N–H and O–H groups in total. The molecule has 34 heavy (non-hydrogen) atoms. The van der Waals surface area contributed by atoms with Gasteiger partial charge in [-0.2, -0.15) is 5.10 Å². The average molecular weight is 518 g/mol. The SMILES string of the molecule is O=C(N/N=C\c1ccc(OC(=O)c2cccc3ccccc23)c(Br)c1)c1cccc([N+](=O)[O-])c1. The Hall–Kier alpha value is -4.37. The second kappa shape index (κ2) is 10.1. The minimum atomic E-state index is -0.584. The molecule has 0 unspecified atom stereocenters. The Morgan fingerprint density at radius 1 is 0.971 bits per heavy atom. The fourth-order valence-electron chi connectivity index (χ4n) is 3.23. The fourth-order valence-corrected chi connectivity index (χ4v) is 3.71. The van der Waals surface area contributed by atoms with E-state index in [0.717, 1.165) is 10.8 Å². The van der Waals surface area contributed by atoms with Crippen LogP contribution >= 0.6 is 15.9 Å². The van der Waals surface area contributed by atoms with Crippen molar-refractivity contribution in [2.24, 2.45) is 5.10 Å². The van der Waals surface area contributed by atoms with Gasteiger partial charge in [-0.1, -0.05) is 42.5 Å². The lowest BCUT2D eigenvalue weighted by Crippen LogP contribution is -2.17. The molecule has 0 saturated carbocycles. The number of carbonyl (C=O) groups is 2. The summed E-state index contributed by atoms with van der Waals surface area (Å²) in [5.74, 6) is -0.737.